The van der Waals surface area contributed by atoms with Crippen molar-refractivity contribution < 1.29 is 0 Å². The maximum atomic E-state index is 4.54. The molecule has 0 radical (unpaired) electrons. The Morgan fingerprint density at radius 1 is 1.33 bits per heavy atom. The van der Waals surface area contributed by atoms with Crippen molar-refractivity contribution in [2.75, 3.05) is 11.5 Å². The van der Waals surface area contributed by atoms with Crippen LogP contribution in [0.25, 0.3) is 0 Å². The van der Waals surface area contributed by atoms with Crippen LogP contribution in [-0.4, -0.2) is 17.7 Å². The van der Waals surface area contributed by atoms with Crippen LogP contribution in [0, 0.1) is 0 Å². The Kier molecular flexibility index (Phi) is 2.33. The lowest BCUT2D eigenvalue weighted by molar-refractivity contribution is 1.12. The van der Waals surface area contributed by atoms with Gasteiger partial charge in [-0.2, -0.15) is 0 Å². The van der Waals surface area contributed by atoms with E-state index in [4.69, 9.17) is 0 Å². The van der Waals surface area contributed by atoms with Crippen LogP contribution in [-0.2, 0) is 10.5 Å². The lowest BCUT2D eigenvalue weighted by Crippen LogP contribution is -2.12. The summed E-state index contributed by atoms with van der Waals surface area (Å²) in [6, 6.07) is 6.70. The lowest BCUT2D eigenvalue weighted by Gasteiger charge is -2.19. The van der Waals surface area contributed by atoms with Gasteiger partial charge in [-0.1, -0.05) is 19.1 Å². The van der Waals surface area contributed by atoms with Crippen molar-refractivity contribution in [2.45, 2.75) is 17.4 Å². The summed E-state index contributed by atoms with van der Waals surface area (Å²) < 4.78 is 0.153. The zero-order valence-corrected chi connectivity index (χ0v) is 10.3. The van der Waals surface area contributed by atoms with E-state index >= 15 is 0 Å². The topological polar surface area (TPSA) is 12.4 Å². The fourth-order valence-electron chi connectivity index (χ4n) is 2.08. The van der Waals surface area contributed by atoms with Gasteiger partial charge in [-0.25, -0.2) is 0 Å². The van der Waals surface area contributed by atoms with Crippen molar-refractivity contribution in [2.24, 2.45) is 4.99 Å². The fourth-order valence-corrected chi connectivity index (χ4v) is 5.08. The first-order valence-corrected chi connectivity index (χ1v) is 7.28. The second-order valence-corrected chi connectivity index (χ2v) is 6.77. The normalized spacial score (nSPS) is 21.1. The van der Waals surface area contributed by atoms with Crippen molar-refractivity contribution >= 4 is 35.4 Å². The second-order valence-electron chi connectivity index (χ2n) is 3.83. The van der Waals surface area contributed by atoms with Gasteiger partial charge >= 0.3 is 0 Å². The Morgan fingerprint density at radius 2 is 2.13 bits per heavy atom. The highest BCUT2D eigenvalue weighted by atomic mass is 32.2. The van der Waals surface area contributed by atoms with Crippen molar-refractivity contribution in [1.29, 1.82) is 0 Å². The largest absolute Gasteiger partial charge is 0.258 e. The predicted octanol–water partition coefficient (Wildman–Crippen LogP) is 3.60. The molecule has 0 N–H and O–H groups in total. The third-order valence-electron chi connectivity index (χ3n) is 2.93. The number of aliphatic imine (C=N–C) groups is 1. The number of hydrogen-bond donors (Lipinski definition) is 0. The molecule has 15 heavy (non-hydrogen) atoms. The summed E-state index contributed by atoms with van der Waals surface area (Å²) in [5.74, 6) is 2.49. The summed E-state index contributed by atoms with van der Waals surface area (Å²) in [7, 11) is 0. The van der Waals surface area contributed by atoms with Gasteiger partial charge in [0.2, 0.25) is 0 Å². The van der Waals surface area contributed by atoms with Gasteiger partial charge in [0.15, 0.2) is 0 Å². The highest BCUT2D eigenvalue weighted by Gasteiger charge is 2.40. The van der Waals surface area contributed by atoms with Gasteiger partial charge in [0.05, 0.1) is 5.69 Å². The number of aryl methyl sites for hydroxylation is 1. The quantitative estimate of drug-likeness (QED) is 0.737. The molecule has 1 saturated heterocycles. The summed E-state index contributed by atoms with van der Waals surface area (Å²) in [6.45, 7) is 2.21. The SMILES string of the molecule is CCc1ccc2c(c1)C1(C=N2)SCCS1. The molecule has 2 aliphatic heterocycles. The predicted molar refractivity (Wildman–Crippen MR) is 70.6 cm³/mol. The average Bonchev–Trinajstić information content (AvgIpc) is 2.89. The van der Waals surface area contributed by atoms with Gasteiger partial charge < -0.3 is 0 Å². The molecule has 1 nitrogen and oxygen atoms in total. The van der Waals surface area contributed by atoms with Crippen LogP contribution in [0.5, 0.6) is 0 Å². The fraction of sp³-hybridized carbons (Fsp3) is 0.417. The number of benzene rings is 1. The molecule has 2 aliphatic rings. The third kappa shape index (κ3) is 1.44. The Hall–Kier alpha value is -0.410. The maximum absolute atomic E-state index is 4.54. The van der Waals surface area contributed by atoms with E-state index in [1.165, 1.54) is 28.3 Å². The van der Waals surface area contributed by atoms with Crippen LogP contribution in [0.1, 0.15) is 18.1 Å². The van der Waals surface area contributed by atoms with Crippen molar-refractivity contribution in [3.63, 3.8) is 0 Å². The summed E-state index contributed by atoms with van der Waals surface area (Å²) in [5.41, 5.74) is 4.02. The van der Waals surface area contributed by atoms with E-state index in [1.807, 2.05) is 23.5 Å². The summed E-state index contributed by atoms with van der Waals surface area (Å²) in [4.78, 5) is 4.54. The first-order chi connectivity index (χ1) is 7.34. The molecule has 3 heteroatoms. The molecule has 1 aromatic rings. The van der Waals surface area contributed by atoms with Crippen LogP contribution in [0.3, 0.4) is 0 Å². The Bertz CT molecular complexity index is 420. The number of hydrogen-bond acceptors (Lipinski definition) is 3. The van der Waals surface area contributed by atoms with Crippen molar-refractivity contribution in [3.05, 3.63) is 29.3 Å². The monoisotopic (exact) mass is 235 g/mol. The van der Waals surface area contributed by atoms with E-state index in [0.717, 1.165) is 6.42 Å². The zero-order valence-electron chi connectivity index (χ0n) is 8.69. The molecule has 1 aromatic carbocycles. The number of fused-ring (bicyclic) bond motifs is 2. The molecule has 0 bridgehead atoms. The number of nitrogens with zero attached hydrogens (tertiary/aromatic N) is 1. The van der Waals surface area contributed by atoms with E-state index in [1.54, 1.807) is 0 Å². The van der Waals surface area contributed by atoms with Gasteiger partial charge in [0, 0.05) is 23.3 Å². The smallest absolute Gasteiger partial charge is 0.124 e. The van der Waals surface area contributed by atoms with E-state index < -0.39 is 0 Å². The van der Waals surface area contributed by atoms with E-state index in [9.17, 15) is 0 Å². The molecule has 2 heterocycles. The second kappa shape index (κ2) is 3.56. The van der Waals surface area contributed by atoms with Crippen molar-refractivity contribution in [1.82, 2.24) is 0 Å². The van der Waals surface area contributed by atoms with E-state index in [-0.39, 0.29) is 4.08 Å². The van der Waals surface area contributed by atoms with Crippen LogP contribution in [0.2, 0.25) is 0 Å². The van der Waals surface area contributed by atoms with Crippen LogP contribution < -0.4 is 0 Å². The van der Waals surface area contributed by atoms with Gasteiger partial charge in [-0.15, -0.1) is 23.5 Å². The average molecular weight is 235 g/mol. The minimum atomic E-state index is 0.153. The van der Waals surface area contributed by atoms with E-state index in [0.29, 0.717) is 0 Å². The van der Waals surface area contributed by atoms with E-state index in [2.05, 4.69) is 36.3 Å². The zero-order chi connectivity index (χ0) is 10.3. The molecule has 0 aromatic heterocycles. The summed E-state index contributed by atoms with van der Waals surface area (Å²) in [6.07, 6.45) is 3.25. The first-order valence-electron chi connectivity index (χ1n) is 5.30. The Balaban J connectivity index is 2.10. The van der Waals surface area contributed by atoms with Crippen LogP contribution >= 0.6 is 23.5 Å². The molecule has 78 valence electrons. The Labute approximate surface area is 98.8 Å². The van der Waals surface area contributed by atoms with Gasteiger partial charge in [0.25, 0.3) is 0 Å². The molecule has 0 atom stereocenters. The van der Waals surface area contributed by atoms with Gasteiger partial charge in [-0.3, -0.25) is 4.99 Å². The maximum Gasteiger partial charge on any atom is 0.124 e. The molecule has 1 spiro atoms. The molecular weight excluding hydrogens is 222 g/mol. The number of thioether (sulfide) groups is 2. The lowest BCUT2D eigenvalue weighted by atomic mass is 10.1. The standard InChI is InChI=1S/C12H13NS2/c1-2-9-3-4-11-10(7-9)12(8-13-11)14-5-6-15-12/h3-4,7-8H,2,5-6H2,1H3. The molecule has 0 unspecified atom stereocenters. The minimum Gasteiger partial charge on any atom is -0.258 e. The highest BCUT2D eigenvalue weighted by Crippen LogP contribution is 2.56. The Morgan fingerprint density at radius 3 is 2.87 bits per heavy atom. The minimum absolute atomic E-state index is 0.153. The summed E-state index contributed by atoms with van der Waals surface area (Å²) >= 11 is 4.06. The highest BCUT2D eigenvalue weighted by molar-refractivity contribution is 8.21. The molecule has 3 rings (SSSR count). The third-order valence-corrected chi connectivity index (χ3v) is 6.22. The number of rotatable bonds is 1. The van der Waals surface area contributed by atoms with Gasteiger partial charge in [0.1, 0.15) is 4.08 Å². The van der Waals surface area contributed by atoms with Crippen LogP contribution in [0.4, 0.5) is 5.69 Å². The molecular formula is C12H13NS2. The van der Waals surface area contributed by atoms with Gasteiger partial charge in [-0.05, 0) is 18.1 Å². The van der Waals surface area contributed by atoms with Crippen molar-refractivity contribution in [3.8, 4) is 0 Å². The molecule has 0 aliphatic carbocycles. The molecule has 0 saturated carbocycles. The summed E-state index contributed by atoms with van der Waals surface area (Å²) in [5, 5.41) is 0. The molecule has 1 fully saturated rings. The first kappa shape index (κ1) is 9.79. The van der Waals surface area contributed by atoms with Crippen LogP contribution in [0.15, 0.2) is 23.2 Å². The molecule has 0 amide bonds.